The van der Waals surface area contributed by atoms with E-state index in [1.165, 1.54) is 49.2 Å². The van der Waals surface area contributed by atoms with Gasteiger partial charge in [0.05, 0.1) is 9.79 Å². The molecule has 1 heterocycles. The van der Waals surface area contributed by atoms with Crippen LogP contribution in [0.1, 0.15) is 30.9 Å². The maximum atomic E-state index is 12.7. The highest BCUT2D eigenvalue weighted by molar-refractivity contribution is 7.89. The molecule has 1 aliphatic rings. The van der Waals surface area contributed by atoms with Crippen molar-refractivity contribution < 1.29 is 21.6 Å². The third-order valence-electron chi connectivity index (χ3n) is 7.29. The van der Waals surface area contributed by atoms with Crippen molar-refractivity contribution in [3.8, 4) is 0 Å². The number of piperazine rings is 1. The van der Waals surface area contributed by atoms with Crippen molar-refractivity contribution >= 4 is 43.3 Å². The van der Waals surface area contributed by atoms with Crippen molar-refractivity contribution in [1.82, 2.24) is 14.5 Å². The Morgan fingerprint density at radius 1 is 0.864 bits per heavy atom. The number of urea groups is 1. The van der Waals surface area contributed by atoms with Crippen LogP contribution in [0.15, 0.2) is 82.6 Å². The first kappa shape index (κ1) is 33.1. The number of hydrogen-bond donors (Lipinski definition) is 5. The van der Waals surface area contributed by atoms with E-state index < -0.39 is 26.1 Å². The number of amides is 2. The Morgan fingerprint density at radius 3 is 2.14 bits per heavy atom. The summed E-state index contributed by atoms with van der Waals surface area (Å²) in [6.45, 7) is 6.82. The summed E-state index contributed by atoms with van der Waals surface area (Å²) in [5, 5.41) is 19.2. The fraction of sp³-hybridized carbons (Fsp3) is 0.333. The second-order valence-corrected chi connectivity index (χ2v) is 13.9. The van der Waals surface area contributed by atoms with Crippen molar-refractivity contribution in [1.29, 1.82) is 5.41 Å². The van der Waals surface area contributed by atoms with Crippen LogP contribution in [0.5, 0.6) is 0 Å². The number of nitrogens with zero attached hydrogens (tertiary/aromatic N) is 2. The zero-order chi connectivity index (χ0) is 31.7. The zero-order valence-electron chi connectivity index (χ0n) is 24.6. The van der Waals surface area contributed by atoms with Crippen LogP contribution >= 0.6 is 0 Å². The first-order valence-corrected chi connectivity index (χ1v) is 17.4. The maximum Gasteiger partial charge on any atom is 0.323 e. The lowest BCUT2D eigenvalue weighted by Gasteiger charge is -2.36. The molecule has 14 heteroatoms. The molecule has 0 saturated carbocycles. The van der Waals surface area contributed by atoms with E-state index in [0.717, 1.165) is 38.3 Å². The van der Waals surface area contributed by atoms with Gasteiger partial charge < -0.3 is 15.5 Å². The van der Waals surface area contributed by atoms with Gasteiger partial charge in [0.25, 0.3) is 0 Å². The van der Waals surface area contributed by atoms with Crippen LogP contribution in [-0.4, -0.2) is 77.8 Å². The lowest BCUT2D eigenvalue weighted by Crippen LogP contribution is -2.48. The van der Waals surface area contributed by atoms with Gasteiger partial charge in [0.1, 0.15) is 5.84 Å². The summed E-state index contributed by atoms with van der Waals surface area (Å²) < 4.78 is 50.7. The molecule has 0 radical (unpaired) electrons. The Bertz CT molecular complexity index is 1650. The van der Waals surface area contributed by atoms with Gasteiger partial charge in [0.15, 0.2) is 0 Å². The van der Waals surface area contributed by atoms with Crippen LogP contribution < -0.4 is 20.5 Å². The number of nitrogens with two attached hydrogens (primary N) is 1. The third-order valence-corrected chi connectivity index (χ3v) is 9.70. The van der Waals surface area contributed by atoms with E-state index in [9.17, 15) is 21.6 Å². The number of rotatable bonds is 12. The maximum absolute atomic E-state index is 12.7. The third kappa shape index (κ3) is 9.34. The van der Waals surface area contributed by atoms with E-state index in [2.05, 4.69) is 32.1 Å². The van der Waals surface area contributed by atoms with Crippen molar-refractivity contribution in [2.24, 2.45) is 5.14 Å². The van der Waals surface area contributed by atoms with E-state index in [-0.39, 0.29) is 16.3 Å². The van der Waals surface area contributed by atoms with E-state index in [4.69, 9.17) is 10.5 Å². The first-order chi connectivity index (χ1) is 20.9. The molecular formula is C30H39N7O5S2. The Morgan fingerprint density at radius 2 is 1.50 bits per heavy atom. The van der Waals surface area contributed by atoms with Gasteiger partial charge in [-0.2, -0.15) is 0 Å². The van der Waals surface area contributed by atoms with Gasteiger partial charge in [-0.3, -0.25) is 10.3 Å². The number of anilines is 2. The van der Waals surface area contributed by atoms with E-state index >= 15 is 0 Å². The first-order valence-electron chi connectivity index (χ1n) is 14.4. The standard InChI is InChI=1S/C30H39N7O5S2/c1-2-3-17-36-18-20-37(21-19-36)29(31)24-5-4-6-26(22-24)35-30(38)34-25-9-13-28(14-10-25)44(41,42)33-16-15-23-7-11-27(12-8-23)43(32,39)40/h4-14,22,31,33H,2-3,15-21H2,1H3,(H2,32,39,40)(H2,34,35,38). The average molecular weight is 642 g/mol. The van der Waals surface area contributed by atoms with Crippen LogP contribution in [0.25, 0.3) is 0 Å². The monoisotopic (exact) mass is 641 g/mol. The SMILES string of the molecule is CCCCN1CCN(C(=N)c2cccc(NC(=O)Nc3ccc(S(=O)(=O)NCCc4ccc(S(N)(=O)=O)cc4)cc3)c2)CC1. The van der Waals surface area contributed by atoms with E-state index in [0.29, 0.717) is 29.2 Å². The molecule has 0 bridgehead atoms. The van der Waals surface area contributed by atoms with Gasteiger partial charge in [0, 0.05) is 49.7 Å². The topological polar surface area (TPSA) is 178 Å². The van der Waals surface area contributed by atoms with Gasteiger partial charge in [-0.15, -0.1) is 0 Å². The number of sulfonamides is 2. The van der Waals surface area contributed by atoms with Crippen molar-refractivity contribution in [2.45, 2.75) is 36.0 Å². The number of benzene rings is 3. The molecule has 0 unspecified atom stereocenters. The largest absolute Gasteiger partial charge is 0.354 e. The quantitative estimate of drug-likeness (QED) is 0.149. The molecule has 1 aliphatic heterocycles. The fourth-order valence-electron chi connectivity index (χ4n) is 4.77. The summed E-state index contributed by atoms with van der Waals surface area (Å²) in [5.74, 6) is 0.426. The second-order valence-electron chi connectivity index (χ2n) is 10.6. The molecule has 6 N–H and O–H groups in total. The minimum atomic E-state index is -3.81. The molecule has 4 rings (SSSR count). The number of hydrogen-bond acceptors (Lipinski definition) is 7. The highest BCUT2D eigenvalue weighted by Crippen LogP contribution is 2.17. The van der Waals surface area contributed by atoms with Crippen LogP contribution in [0, 0.1) is 5.41 Å². The molecule has 44 heavy (non-hydrogen) atoms. The van der Waals surface area contributed by atoms with Gasteiger partial charge in [0.2, 0.25) is 20.0 Å². The fourth-order valence-corrected chi connectivity index (χ4v) is 6.32. The molecule has 0 atom stereocenters. The molecule has 12 nitrogen and oxygen atoms in total. The van der Waals surface area contributed by atoms with Crippen LogP contribution in [0.4, 0.5) is 16.2 Å². The molecule has 3 aromatic rings. The summed E-state index contributed by atoms with van der Waals surface area (Å²) in [6.07, 6.45) is 2.70. The molecule has 0 aromatic heterocycles. The van der Waals surface area contributed by atoms with E-state index in [1.54, 1.807) is 30.3 Å². The lowest BCUT2D eigenvalue weighted by atomic mass is 10.1. The van der Waals surface area contributed by atoms with Crippen molar-refractivity contribution in [2.75, 3.05) is 49.9 Å². The summed E-state index contributed by atoms with van der Waals surface area (Å²) in [4.78, 5) is 17.2. The summed E-state index contributed by atoms with van der Waals surface area (Å²) in [6, 6.07) is 18.3. The molecule has 0 spiro atoms. The van der Waals surface area contributed by atoms with Crippen LogP contribution in [0.3, 0.4) is 0 Å². The van der Waals surface area contributed by atoms with Gasteiger partial charge in [-0.1, -0.05) is 37.6 Å². The predicted molar refractivity (Wildman–Crippen MR) is 172 cm³/mol. The number of nitrogens with one attached hydrogen (secondary N) is 4. The molecule has 236 valence electrons. The smallest absolute Gasteiger partial charge is 0.323 e. The number of carbonyl (C=O) groups is 1. The van der Waals surface area contributed by atoms with Gasteiger partial charge >= 0.3 is 6.03 Å². The Balaban J connectivity index is 1.26. The second kappa shape index (κ2) is 14.8. The molecule has 0 aliphatic carbocycles. The summed E-state index contributed by atoms with van der Waals surface area (Å²) in [5.41, 5.74) is 2.40. The molecular weight excluding hydrogens is 603 g/mol. The van der Waals surface area contributed by atoms with Crippen molar-refractivity contribution in [3.63, 3.8) is 0 Å². The Hall–Kier alpha value is -3.82. The normalized spacial score (nSPS) is 14.3. The summed E-state index contributed by atoms with van der Waals surface area (Å²) in [7, 11) is -7.60. The number of carbonyl (C=O) groups excluding carboxylic acids is 1. The lowest BCUT2D eigenvalue weighted by molar-refractivity contribution is 0.180. The minimum absolute atomic E-state index is 0.0135. The summed E-state index contributed by atoms with van der Waals surface area (Å²) >= 11 is 0. The minimum Gasteiger partial charge on any atom is -0.354 e. The Labute approximate surface area is 259 Å². The van der Waals surface area contributed by atoms with Gasteiger partial charge in [-0.05, 0) is 73.5 Å². The Kier molecular flexibility index (Phi) is 11.1. The molecule has 2 amide bonds. The average Bonchev–Trinajstić information content (AvgIpc) is 3.00. The molecule has 1 fully saturated rings. The van der Waals surface area contributed by atoms with Crippen LogP contribution in [0.2, 0.25) is 0 Å². The highest BCUT2D eigenvalue weighted by Gasteiger charge is 2.20. The molecule has 3 aromatic carbocycles. The number of primary sulfonamides is 1. The van der Waals surface area contributed by atoms with E-state index in [1.807, 2.05) is 6.07 Å². The van der Waals surface area contributed by atoms with Crippen LogP contribution in [-0.2, 0) is 26.5 Å². The zero-order valence-corrected chi connectivity index (χ0v) is 26.3. The van der Waals surface area contributed by atoms with Gasteiger partial charge in [-0.25, -0.2) is 31.5 Å². The van der Waals surface area contributed by atoms with Crippen molar-refractivity contribution in [3.05, 3.63) is 83.9 Å². The number of unbranched alkanes of at least 4 members (excludes halogenated alkanes) is 1. The predicted octanol–water partition coefficient (Wildman–Crippen LogP) is 3.24. The number of amidine groups is 1. The highest BCUT2D eigenvalue weighted by atomic mass is 32.2. The molecule has 1 saturated heterocycles.